The monoisotopic (exact) mass is 276 g/mol. The fourth-order valence-electron chi connectivity index (χ4n) is 3.26. The minimum Gasteiger partial charge on any atom is -0.497 e. The van der Waals surface area contributed by atoms with Gasteiger partial charge in [0.1, 0.15) is 5.75 Å². The van der Waals surface area contributed by atoms with E-state index in [1.807, 2.05) is 6.07 Å². The number of nitrogens with zero attached hydrogens (tertiary/aromatic N) is 1. The van der Waals surface area contributed by atoms with Crippen molar-refractivity contribution < 1.29 is 4.74 Å². The van der Waals surface area contributed by atoms with Gasteiger partial charge < -0.3 is 15.0 Å². The number of rotatable bonds is 6. The van der Waals surface area contributed by atoms with Crippen LogP contribution >= 0.6 is 0 Å². The Balaban J connectivity index is 1.98. The van der Waals surface area contributed by atoms with Crippen molar-refractivity contribution in [1.82, 2.24) is 5.32 Å². The lowest BCUT2D eigenvalue weighted by Gasteiger charge is -2.33. The summed E-state index contributed by atoms with van der Waals surface area (Å²) < 4.78 is 5.31. The molecule has 2 rings (SSSR count). The molecule has 1 unspecified atom stereocenters. The third kappa shape index (κ3) is 3.89. The second-order valence-electron chi connectivity index (χ2n) is 5.88. The molecule has 0 heterocycles. The number of methoxy groups -OCH3 is 1. The number of hydrogen-bond donors (Lipinski definition) is 1. The second-order valence-corrected chi connectivity index (χ2v) is 5.88. The highest BCUT2D eigenvalue weighted by Crippen LogP contribution is 2.28. The summed E-state index contributed by atoms with van der Waals surface area (Å²) in [6.45, 7) is 1.05. The van der Waals surface area contributed by atoms with Crippen molar-refractivity contribution in [3.05, 3.63) is 24.3 Å². The van der Waals surface area contributed by atoms with E-state index in [1.165, 1.54) is 37.8 Å². The second kappa shape index (κ2) is 7.53. The third-order valence-electron chi connectivity index (χ3n) is 4.55. The van der Waals surface area contributed by atoms with E-state index in [-0.39, 0.29) is 0 Å². The van der Waals surface area contributed by atoms with Gasteiger partial charge in [-0.15, -0.1) is 0 Å². The normalized spacial score (nSPS) is 17.8. The third-order valence-corrected chi connectivity index (χ3v) is 4.55. The maximum atomic E-state index is 5.31. The van der Waals surface area contributed by atoms with Crippen LogP contribution in [-0.4, -0.2) is 33.8 Å². The summed E-state index contributed by atoms with van der Waals surface area (Å²) in [5.41, 5.74) is 1.22. The zero-order valence-electron chi connectivity index (χ0n) is 13.1. The zero-order valence-corrected chi connectivity index (χ0v) is 13.1. The van der Waals surface area contributed by atoms with Crippen molar-refractivity contribution in [1.29, 1.82) is 0 Å². The number of likely N-dealkylation sites (N-methyl/N-ethyl adjacent to an activating group) is 2. The lowest BCUT2D eigenvalue weighted by atomic mass is 9.83. The molecule has 0 spiro atoms. The van der Waals surface area contributed by atoms with Gasteiger partial charge in [0.15, 0.2) is 0 Å². The highest BCUT2D eigenvalue weighted by atomic mass is 16.5. The Kier molecular flexibility index (Phi) is 5.72. The minimum atomic E-state index is 0.575. The first kappa shape index (κ1) is 15.2. The number of nitrogens with one attached hydrogen (secondary N) is 1. The number of benzene rings is 1. The van der Waals surface area contributed by atoms with Gasteiger partial charge in [0, 0.05) is 31.4 Å². The highest BCUT2D eigenvalue weighted by Gasteiger charge is 2.23. The Morgan fingerprint density at radius 1 is 1.30 bits per heavy atom. The van der Waals surface area contributed by atoms with Crippen LogP contribution in [0.4, 0.5) is 5.69 Å². The predicted octanol–water partition coefficient (Wildman–Crippen LogP) is 3.30. The van der Waals surface area contributed by atoms with Crippen LogP contribution in [0.25, 0.3) is 0 Å². The van der Waals surface area contributed by atoms with E-state index in [1.54, 1.807) is 7.11 Å². The summed E-state index contributed by atoms with van der Waals surface area (Å²) in [6.07, 6.45) is 6.95. The Morgan fingerprint density at radius 3 is 2.70 bits per heavy atom. The van der Waals surface area contributed by atoms with Gasteiger partial charge in [0.25, 0.3) is 0 Å². The van der Waals surface area contributed by atoms with Crippen molar-refractivity contribution in [2.45, 2.75) is 38.1 Å². The van der Waals surface area contributed by atoms with E-state index < -0.39 is 0 Å². The molecule has 1 atom stereocenters. The van der Waals surface area contributed by atoms with Crippen LogP contribution in [0.2, 0.25) is 0 Å². The zero-order chi connectivity index (χ0) is 14.4. The van der Waals surface area contributed by atoms with E-state index in [0.29, 0.717) is 6.04 Å². The molecule has 1 aliphatic carbocycles. The van der Waals surface area contributed by atoms with Gasteiger partial charge in [-0.2, -0.15) is 0 Å². The van der Waals surface area contributed by atoms with Crippen molar-refractivity contribution >= 4 is 5.69 Å². The number of anilines is 1. The maximum Gasteiger partial charge on any atom is 0.120 e. The Hall–Kier alpha value is -1.22. The molecule has 0 amide bonds. The average molecular weight is 276 g/mol. The molecular formula is C17H28N2O. The van der Waals surface area contributed by atoms with Gasteiger partial charge in [-0.1, -0.05) is 25.3 Å². The molecule has 0 saturated heterocycles. The number of hydrogen-bond acceptors (Lipinski definition) is 3. The summed E-state index contributed by atoms with van der Waals surface area (Å²) in [6, 6.07) is 8.88. The standard InChI is InChI=1S/C17H28N2O/c1-18-17(14-8-5-4-6-9-14)13-19(2)15-10-7-11-16(12-15)20-3/h7,10-12,14,17-18H,4-6,8-9,13H2,1-3H3. The van der Waals surface area contributed by atoms with Crippen LogP contribution in [0.3, 0.4) is 0 Å². The van der Waals surface area contributed by atoms with E-state index in [2.05, 4.69) is 42.5 Å². The maximum absolute atomic E-state index is 5.31. The Bertz CT molecular complexity index is 402. The van der Waals surface area contributed by atoms with Gasteiger partial charge in [-0.05, 0) is 37.9 Å². The summed E-state index contributed by atoms with van der Waals surface area (Å²) >= 11 is 0. The molecule has 1 fully saturated rings. The van der Waals surface area contributed by atoms with Crippen LogP contribution in [0.15, 0.2) is 24.3 Å². The topological polar surface area (TPSA) is 24.5 Å². The van der Waals surface area contributed by atoms with Crippen LogP contribution in [-0.2, 0) is 0 Å². The molecule has 0 radical (unpaired) electrons. The Labute approximate surface area is 123 Å². The van der Waals surface area contributed by atoms with Gasteiger partial charge in [0.05, 0.1) is 7.11 Å². The molecule has 0 aromatic heterocycles. The number of ether oxygens (including phenoxy) is 1. The largest absolute Gasteiger partial charge is 0.497 e. The summed E-state index contributed by atoms with van der Waals surface area (Å²) in [7, 11) is 5.98. The van der Waals surface area contributed by atoms with Crippen LogP contribution in [0.5, 0.6) is 5.75 Å². The van der Waals surface area contributed by atoms with E-state index in [9.17, 15) is 0 Å². The van der Waals surface area contributed by atoms with Gasteiger partial charge in [-0.25, -0.2) is 0 Å². The van der Waals surface area contributed by atoms with Crippen molar-refractivity contribution in [2.24, 2.45) is 5.92 Å². The fourth-order valence-corrected chi connectivity index (χ4v) is 3.26. The SMILES string of the molecule is CNC(CN(C)c1cccc(OC)c1)C1CCCCC1. The molecule has 112 valence electrons. The molecule has 1 aromatic rings. The molecular weight excluding hydrogens is 248 g/mol. The highest BCUT2D eigenvalue weighted by molar-refractivity contribution is 5.50. The van der Waals surface area contributed by atoms with Crippen molar-refractivity contribution in [3.8, 4) is 5.75 Å². The predicted molar refractivity (Wildman–Crippen MR) is 85.7 cm³/mol. The molecule has 3 heteroatoms. The molecule has 1 saturated carbocycles. The summed E-state index contributed by atoms with van der Waals surface area (Å²) in [5.74, 6) is 1.75. The quantitative estimate of drug-likeness (QED) is 0.863. The Morgan fingerprint density at radius 2 is 2.05 bits per heavy atom. The minimum absolute atomic E-state index is 0.575. The summed E-state index contributed by atoms with van der Waals surface area (Å²) in [4.78, 5) is 2.33. The molecule has 3 nitrogen and oxygen atoms in total. The molecule has 20 heavy (non-hydrogen) atoms. The molecule has 1 aliphatic rings. The van der Waals surface area contributed by atoms with Gasteiger partial charge >= 0.3 is 0 Å². The van der Waals surface area contributed by atoms with Crippen LogP contribution in [0, 0.1) is 5.92 Å². The van der Waals surface area contributed by atoms with E-state index >= 15 is 0 Å². The fraction of sp³-hybridized carbons (Fsp3) is 0.647. The van der Waals surface area contributed by atoms with E-state index in [0.717, 1.165) is 18.2 Å². The molecule has 1 aromatic carbocycles. The first-order valence-electron chi connectivity index (χ1n) is 7.77. The van der Waals surface area contributed by atoms with Crippen molar-refractivity contribution in [3.63, 3.8) is 0 Å². The lowest BCUT2D eigenvalue weighted by Crippen LogP contribution is -2.43. The van der Waals surface area contributed by atoms with Crippen LogP contribution in [0.1, 0.15) is 32.1 Å². The molecule has 1 N–H and O–H groups in total. The first-order chi connectivity index (χ1) is 9.74. The van der Waals surface area contributed by atoms with Crippen LogP contribution < -0.4 is 15.0 Å². The van der Waals surface area contributed by atoms with E-state index in [4.69, 9.17) is 4.74 Å². The molecule has 0 aliphatic heterocycles. The van der Waals surface area contributed by atoms with Crippen molar-refractivity contribution in [2.75, 3.05) is 32.6 Å². The first-order valence-corrected chi connectivity index (χ1v) is 7.77. The van der Waals surface area contributed by atoms with Gasteiger partial charge in [-0.3, -0.25) is 0 Å². The smallest absolute Gasteiger partial charge is 0.120 e. The lowest BCUT2D eigenvalue weighted by molar-refractivity contribution is 0.280. The van der Waals surface area contributed by atoms with Gasteiger partial charge in [0.2, 0.25) is 0 Å². The molecule has 0 bridgehead atoms. The average Bonchev–Trinajstić information content (AvgIpc) is 2.53. The summed E-state index contributed by atoms with van der Waals surface area (Å²) in [5, 5.41) is 3.53.